The number of nitrogens with zero attached hydrogens (tertiary/aromatic N) is 2. The van der Waals surface area contributed by atoms with Gasteiger partial charge in [-0.25, -0.2) is 9.37 Å². The fourth-order valence-electron chi connectivity index (χ4n) is 2.82. The van der Waals surface area contributed by atoms with Crippen LogP contribution < -0.4 is 15.0 Å². The number of rotatable bonds is 7. The van der Waals surface area contributed by atoms with Crippen molar-refractivity contribution in [2.45, 2.75) is 18.9 Å². The zero-order valence-electron chi connectivity index (χ0n) is 15.4. The van der Waals surface area contributed by atoms with E-state index < -0.39 is 0 Å². The molecule has 0 radical (unpaired) electrons. The Labute approximate surface area is 166 Å². The number of benzene rings is 2. The van der Waals surface area contributed by atoms with Crippen molar-refractivity contribution in [2.75, 3.05) is 18.6 Å². The average molecular weight is 397 g/mol. The van der Waals surface area contributed by atoms with E-state index in [4.69, 9.17) is 4.74 Å². The van der Waals surface area contributed by atoms with Gasteiger partial charge >= 0.3 is 0 Å². The molecular weight excluding hydrogens is 377 g/mol. The molecule has 0 bridgehead atoms. The minimum Gasteiger partial charge on any atom is -0.497 e. The Kier molecular flexibility index (Phi) is 5.25. The number of carbonyl (C=O) groups excluding carboxylic acids is 1. The predicted octanol–water partition coefficient (Wildman–Crippen LogP) is 4.37. The number of nitrogens with one attached hydrogen (secondary N) is 1. The Bertz CT molecular complexity index is 953. The van der Waals surface area contributed by atoms with Crippen LogP contribution in [0.3, 0.4) is 0 Å². The minimum absolute atomic E-state index is 0.0307. The first kappa shape index (κ1) is 18.4. The number of methoxy groups -OCH3 is 1. The summed E-state index contributed by atoms with van der Waals surface area (Å²) in [7, 11) is 1.62. The molecule has 5 nitrogen and oxygen atoms in total. The van der Waals surface area contributed by atoms with Gasteiger partial charge in [0.15, 0.2) is 5.13 Å². The third-order valence-electron chi connectivity index (χ3n) is 4.49. The van der Waals surface area contributed by atoms with E-state index in [0.717, 1.165) is 35.5 Å². The quantitative estimate of drug-likeness (QED) is 0.643. The van der Waals surface area contributed by atoms with Crippen LogP contribution in [0.25, 0.3) is 11.3 Å². The van der Waals surface area contributed by atoms with Gasteiger partial charge in [-0.2, -0.15) is 0 Å². The second-order valence-corrected chi connectivity index (χ2v) is 7.48. The predicted molar refractivity (Wildman–Crippen MR) is 109 cm³/mol. The third kappa shape index (κ3) is 4.31. The van der Waals surface area contributed by atoms with E-state index in [-0.39, 0.29) is 18.3 Å². The molecule has 3 aromatic rings. The van der Waals surface area contributed by atoms with Gasteiger partial charge in [0.05, 0.1) is 12.8 Å². The maximum absolute atomic E-state index is 13.2. The number of hydrogen-bond donors (Lipinski definition) is 1. The van der Waals surface area contributed by atoms with Crippen molar-refractivity contribution in [1.29, 1.82) is 0 Å². The number of ether oxygens (including phenoxy) is 1. The number of amides is 1. The molecule has 1 amide bonds. The van der Waals surface area contributed by atoms with Crippen LogP contribution in [-0.4, -0.2) is 30.6 Å². The Morgan fingerprint density at radius 2 is 1.93 bits per heavy atom. The van der Waals surface area contributed by atoms with E-state index in [9.17, 15) is 9.18 Å². The van der Waals surface area contributed by atoms with Crippen LogP contribution in [0.2, 0.25) is 0 Å². The molecule has 28 heavy (non-hydrogen) atoms. The lowest BCUT2D eigenvalue weighted by molar-refractivity contribution is -0.119. The average Bonchev–Trinajstić information content (AvgIpc) is 3.39. The first-order valence-electron chi connectivity index (χ1n) is 9.05. The van der Waals surface area contributed by atoms with Gasteiger partial charge in [-0.05, 0) is 61.4 Å². The summed E-state index contributed by atoms with van der Waals surface area (Å²) < 4.78 is 18.4. The lowest BCUT2D eigenvalue weighted by atomic mass is 10.2. The van der Waals surface area contributed by atoms with Gasteiger partial charge in [0.25, 0.3) is 0 Å². The maximum Gasteiger partial charge on any atom is 0.240 e. The van der Waals surface area contributed by atoms with E-state index in [1.807, 2.05) is 34.5 Å². The fourth-order valence-corrected chi connectivity index (χ4v) is 3.67. The van der Waals surface area contributed by atoms with Crippen LogP contribution in [0.4, 0.5) is 15.2 Å². The topological polar surface area (TPSA) is 54.5 Å². The molecule has 0 saturated heterocycles. The van der Waals surface area contributed by atoms with E-state index in [1.54, 1.807) is 19.2 Å². The SMILES string of the molecule is COc1ccc(N(CC(=O)NC2CC2)c2nc(-c3ccc(F)cc3)cs2)cc1. The highest BCUT2D eigenvalue weighted by atomic mass is 32.1. The summed E-state index contributed by atoms with van der Waals surface area (Å²) in [6.07, 6.45) is 2.08. The normalized spacial score (nSPS) is 13.2. The van der Waals surface area contributed by atoms with E-state index in [2.05, 4.69) is 10.3 Å². The third-order valence-corrected chi connectivity index (χ3v) is 5.35. The van der Waals surface area contributed by atoms with E-state index >= 15 is 0 Å². The van der Waals surface area contributed by atoms with Crippen molar-refractivity contribution in [2.24, 2.45) is 0 Å². The molecule has 144 valence electrons. The van der Waals surface area contributed by atoms with Crippen LogP contribution in [0.15, 0.2) is 53.9 Å². The Morgan fingerprint density at radius 1 is 1.21 bits per heavy atom. The number of thiazole rings is 1. The maximum atomic E-state index is 13.2. The van der Waals surface area contributed by atoms with Crippen molar-refractivity contribution < 1.29 is 13.9 Å². The van der Waals surface area contributed by atoms with Gasteiger partial charge < -0.3 is 15.0 Å². The zero-order valence-corrected chi connectivity index (χ0v) is 16.2. The summed E-state index contributed by atoms with van der Waals surface area (Å²) in [6, 6.07) is 14.1. The van der Waals surface area contributed by atoms with Gasteiger partial charge in [0, 0.05) is 22.7 Å². The molecule has 2 aromatic carbocycles. The first-order chi connectivity index (χ1) is 13.6. The molecule has 1 aliphatic rings. The molecule has 1 heterocycles. The summed E-state index contributed by atoms with van der Waals surface area (Å²) >= 11 is 1.45. The lowest BCUT2D eigenvalue weighted by Gasteiger charge is -2.21. The summed E-state index contributed by atoms with van der Waals surface area (Å²) in [6.45, 7) is 0.180. The Hall–Kier alpha value is -2.93. The summed E-state index contributed by atoms with van der Waals surface area (Å²) in [5, 5.41) is 5.64. The zero-order chi connectivity index (χ0) is 19.5. The number of anilines is 2. The van der Waals surface area contributed by atoms with Crippen molar-refractivity contribution >= 4 is 28.1 Å². The summed E-state index contributed by atoms with van der Waals surface area (Å²) in [5.41, 5.74) is 2.44. The Balaban J connectivity index is 1.61. The number of aromatic nitrogens is 1. The summed E-state index contributed by atoms with van der Waals surface area (Å²) in [4.78, 5) is 19.0. The number of halogens is 1. The van der Waals surface area contributed by atoms with Crippen molar-refractivity contribution in [1.82, 2.24) is 10.3 Å². The molecule has 1 aromatic heterocycles. The van der Waals surface area contributed by atoms with Crippen molar-refractivity contribution in [3.8, 4) is 17.0 Å². The molecule has 0 spiro atoms. The lowest BCUT2D eigenvalue weighted by Crippen LogP contribution is -2.36. The van der Waals surface area contributed by atoms with Crippen LogP contribution >= 0.6 is 11.3 Å². The monoisotopic (exact) mass is 397 g/mol. The second-order valence-electron chi connectivity index (χ2n) is 6.65. The highest BCUT2D eigenvalue weighted by Crippen LogP contribution is 2.33. The van der Waals surface area contributed by atoms with Crippen LogP contribution in [-0.2, 0) is 4.79 Å². The van der Waals surface area contributed by atoms with Crippen LogP contribution in [0.5, 0.6) is 5.75 Å². The molecule has 0 unspecified atom stereocenters. The van der Waals surface area contributed by atoms with Gasteiger partial charge in [-0.1, -0.05) is 0 Å². The molecule has 4 rings (SSSR count). The molecule has 1 saturated carbocycles. The highest BCUT2D eigenvalue weighted by Gasteiger charge is 2.25. The van der Waals surface area contributed by atoms with Gasteiger partial charge in [-0.3, -0.25) is 4.79 Å². The molecule has 0 atom stereocenters. The molecule has 0 aliphatic heterocycles. The van der Waals surface area contributed by atoms with Crippen LogP contribution in [0.1, 0.15) is 12.8 Å². The van der Waals surface area contributed by atoms with Gasteiger partial charge in [0.2, 0.25) is 5.91 Å². The van der Waals surface area contributed by atoms with Crippen molar-refractivity contribution in [3.05, 3.63) is 59.7 Å². The largest absolute Gasteiger partial charge is 0.497 e. The smallest absolute Gasteiger partial charge is 0.240 e. The first-order valence-corrected chi connectivity index (χ1v) is 9.93. The summed E-state index contributed by atoms with van der Waals surface area (Å²) in [5.74, 6) is 0.435. The highest BCUT2D eigenvalue weighted by molar-refractivity contribution is 7.14. The van der Waals surface area contributed by atoms with Gasteiger partial charge in [0.1, 0.15) is 18.1 Å². The molecular formula is C21H20FN3O2S. The van der Waals surface area contributed by atoms with E-state index in [1.165, 1.54) is 23.5 Å². The molecule has 1 fully saturated rings. The molecule has 7 heteroatoms. The minimum atomic E-state index is -0.282. The molecule has 1 aliphatic carbocycles. The fraction of sp³-hybridized carbons (Fsp3) is 0.238. The standard InChI is InChI=1S/C21H20FN3O2S/c1-27-18-10-8-17(9-11-18)25(12-20(26)23-16-6-7-16)21-24-19(13-28-21)14-2-4-15(22)5-3-14/h2-5,8-11,13,16H,6-7,12H2,1H3,(H,23,26). The number of hydrogen-bond acceptors (Lipinski definition) is 5. The molecule has 1 N–H and O–H groups in total. The van der Waals surface area contributed by atoms with Crippen LogP contribution in [0, 0.1) is 5.82 Å². The van der Waals surface area contributed by atoms with E-state index in [0.29, 0.717) is 11.2 Å². The Morgan fingerprint density at radius 3 is 2.57 bits per heavy atom. The van der Waals surface area contributed by atoms with Crippen molar-refractivity contribution in [3.63, 3.8) is 0 Å². The van der Waals surface area contributed by atoms with Gasteiger partial charge in [-0.15, -0.1) is 11.3 Å². The number of carbonyl (C=O) groups is 1. The second kappa shape index (κ2) is 7.98.